The molecule has 0 radical (unpaired) electrons. The number of halogens is 5. The van der Waals surface area contributed by atoms with Crippen LogP contribution in [0.15, 0.2) is 27.6 Å². The van der Waals surface area contributed by atoms with Crippen molar-refractivity contribution in [2.75, 3.05) is 0 Å². The van der Waals surface area contributed by atoms with Gasteiger partial charge in [0.25, 0.3) is 0 Å². The lowest BCUT2D eigenvalue weighted by atomic mass is 10.0. The van der Waals surface area contributed by atoms with E-state index >= 15 is 0 Å². The highest BCUT2D eigenvalue weighted by molar-refractivity contribution is 9.10. The van der Waals surface area contributed by atoms with E-state index in [9.17, 15) is 26.4 Å². The zero-order valence-electron chi connectivity index (χ0n) is 10.2. The molecular formula is C10H8BrClF3NO4S. The zero-order chi connectivity index (χ0) is 16.6. The minimum Gasteiger partial charge on any atom is -0.480 e. The van der Waals surface area contributed by atoms with Crippen LogP contribution in [-0.4, -0.2) is 31.2 Å². The first-order chi connectivity index (χ1) is 9.31. The van der Waals surface area contributed by atoms with Crippen LogP contribution in [0.5, 0.6) is 0 Å². The fraction of sp³-hybridized carbons (Fsp3) is 0.300. The molecule has 11 heteroatoms. The Hall–Kier alpha value is -0.840. The van der Waals surface area contributed by atoms with Crippen LogP contribution in [0.25, 0.3) is 0 Å². The van der Waals surface area contributed by atoms with E-state index in [1.165, 1.54) is 6.07 Å². The van der Waals surface area contributed by atoms with E-state index in [0.717, 1.165) is 16.9 Å². The lowest BCUT2D eigenvalue weighted by Gasteiger charge is -2.28. The van der Waals surface area contributed by atoms with Gasteiger partial charge in [-0.25, -0.2) is 13.2 Å². The molecule has 0 saturated carbocycles. The van der Waals surface area contributed by atoms with Crippen LogP contribution in [0.4, 0.5) is 13.2 Å². The Labute approximate surface area is 131 Å². The maximum absolute atomic E-state index is 12.8. The highest BCUT2D eigenvalue weighted by Crippen LogP contribution is 2.33. The molecular weight excluding hydrogens is 403 g/mol. The van der Waals surface area contributed by atoms with Crippen molar-refractivity contribution in [3.05, 3.63) is 27.7 Å². The molecule has 0 amide bonds. The first kappa shape index (κ1) is 18.2. The number of hydrogen-bond acceptors (Lipinski definition) is 3. The first-order valence-electron chi connectivity index (χ1n) is 5.10. The van der Waals surface area contributed by atoms with Crippen molar-refractivity contribution in [3.8, 4) is 0 Å². The first-order valence-corrected chi connectivity index (χ1v) is 7.76. The lowest BCUT2D eigenvalue weighted by Crippen LogP contribution is -2.61. The van der Waals surface area contributed by atoms with E-state index in [0.29, 0.717) is 4.47 Å². The van der Waals surface area contributed by atoms with E-state index in [1.807, 2.05) is 0 Å². The van der Waals surface area contributed by atoms with Crippen molar-refractivity contribution < 1.29 is 31.5 Å². The Morgan fingerprint density at radius 2 is 1.90 bits per heavy atom. The van der Waals surface area contributed by atoms with Gasteiger partial charge in [-0.2, -0.15) is 17.9 Å². The van der Waals surface area contributed by atoms with E-state index < -0.39 is 32.6 Å². The van der Waals surface area contributed by atoms with Gasteiger partial charge in [0, 0.05) is 4.47 Å². The molecule has 1 aromatic rings. The molecule has 0 aliphatic carbocycles. The van der Waals surface area contributed by atoms with Gasteiger partial charge in [0.15, 0.2) is 0 Å². The van der Waals surface area contributed by atoms with E-state index in [4.69, 9.17) is 16.7 Å². The van der Waals surface area contributed by atoms with Crippen LogP contribution >= 0.6 is 27.5 Å². The summed E-state index contributed by atoms with van der Waals surface area (Å²) in [6.07, 6.45) is -5.34. The Kier molecular flexibility index (Phi) is 4.98. The molecule has 1 rings (SSSR count). The molecule has 0 heterocycles. The lowest BCUT2D eigenvalue weighted by molar-refractivity contribution is -0.201. The normalized spacial score (nSPS) is 15.5. The predicted molar refractivity (Wildman–Crippen MR) is 71.6 cm³/mol. The van der Waals surface area contributed by atoms with Gasteiger partial charge >= 0.3 is 12.1 Å². The topological polar surface area (TPSA) is 83.5 Å². The molecule has 0 saturated heterocycles. The number of sulfonamides is 1. The molecule has 0 spiro atoms. The van der Waals surface area contributed by atoms with Gasteiger partial charge in [0.1, 0.15) is 4.90 Å². The van der Waals surface area contributed by atoms with Gasteiger partial charge in [-0.3, -0.25) is 0 Å². The van der Waals surface area contributed by atoms with Crippen molar-refractivity contribution >= 4 is 43.5 Å². The number of alkyl halides is 3. The summed E-state index contributed by atoms with van der Waals surface area (Å²) in [5, 5.41) is 8.35. The maximum atomic E-state index is 12.8. The molecule has 1 unspecified atom stereocenters. The minimum atomic E-state index is -5.34. The molecule has 0 bridgehead atoms. The average Bonchev–Trinajstić information content (AvgIpc) is 2.25. The molecule has 1 atom stereocenters. The van der Waals surface area contributed by atoms with Crippen molar-refractivity contribution in [3.63, 3.8) is 0 Å². The molecule has 0 aromatic heterocycles. The summed E-state index contributed by atoms with van der Waals surface area (Å²) < 4.78 is 63.9. The van der Waals surface area contributed by atoms with E-state index in [-0.39, 0.29) is 11.9 Å². The quantitative estimate of drug-likeness (QED) is 0.799. The summed E-state index contributed by atoms with van der Waals surface area (Å²) in [7, 11) is -4.80. The summed E-state index contributed by atoms with van der Waals surface area (Å²) in [5.41, 5.74) is -3.68. The molecule has 0 fully saturated rings. The number of carbonyl (C=O) groups is 1. The molecule has 21 heavy (non-hydrogen) atoms. The van der Waals surface area contributed by atoms with Gasteiger partial charge in [-0.1, -0.05) is 27.5 Å². The molecule has 1 aromatic carbocycles. The number of carboxylic acid groups (broad SMARTS) is 1. The fourth-order valence-electron chi connectivity index (χ4n) is 1.24. The molecule has 118 valence electrons. The fourth-order valence-corrected chi connectivity index (χ4v) is 3.63. The number of nitrogens with one attached hydrogen (secondary N) is 1. The monoisotopic (exact) mass is 409 g/mol. The highest BCUT2D eigenvalue weighted by atomic mass is 79.9. The Morgan fingerprint density at radius 3 is 2.29 bits per heavy atom. The van der Waals surface area contributed by atoms with Crippen LogP contribution in [0.2, 0.25) is 5.02 Å². The van der Waals surface area contributed by atoms with E-state index in [2.05, 4.69) is 15.9 Å². The van der Waals surface area contributed by atoms with Crippen LogP contribution in [0.3, 0.4) is 0 Å². The third-order valence-electron chi connectivity index (χ3n) is 2.52. The summed E-state index contributed by atoms with van der Waals surface area (Å²) >= 11 is 8.66. The predicted octanol–water partition coefficient (Wildman–Crippen LogP) is 2.79. The second kappa shape index (κ2) is 5.75. The standard InChI is InChI=1S/C10H8BrClF3NO4S/c1-9(8(17)18,10(13,14)15)16-21(19,20)7-3-2-5(11)4-6(7)12/h2-4,16H,1H3,(H,17,18). The minimum absolute atomic E-state index is 0.208. The van der Waals surface area contributed by atoms with Gasteiger partial charge in [-0.05, 0) is 25.1 Å². The Morgan fingerprint density at radius 1 is 1.38 bits per heavy atom. The second-order valence-electron chi connectivity index (χ2n) is 4.11. The van der Waals surface area contributed by atoms with E-state index in [1.54, 1.807) is 0 Å². The van der Waals surface area contributed by atoms with Crippen molar-refractivity contribution in [1.29, 1.82) is 0 Å². The van der Waals surface area contributed by atoms with Crippen LogP contribution in [-0.2, 0) is 14.8 Å². The summed E-state index contributed by atoms with van der Waals surface area (Å²) in [4.78, 5) is 10.2. The maximum Gasteiger partial charge on any atom is 0.418 e. The third kappa shape index (κ3) is 3.68. The van der Waals surface area contributed by atoms with Crippen molar-refractivity contribution in [2.24, 2.45) is 0 Å². The number of hydrogen-bond donors (Lipinski definition) is 2. The van der Waals surface area contributed by atoms with Gasteiger partial charge in [0.05, 0.1) is 5.02 Å². The van der Waals surface area contributed by atoms with Crippen LogP contribution < -0.4 is 4.72 Å². The summed E-state index contributed by atoms with van der Waals surface area (Å²) in [5.74, 6) is -2.38. The average molecular weight is 411 g/mol. The largest absolute Gasteiger partial charge is 0.480 e. The number of aliphatic carboxylic acids is 1. The van der Waals surface area contributed by atoms with Crippen molar-refractivity contribution in [2.45, 2.75) is 23.5 Å². The van der Waals surface area contributed by atoms with Gasteiger partial charge in [-0.15, -0.1) is 0 Å². The number of benzene rings is 1. The summed E-state index contributed by atoms with van der Waals surface area (Å²) in [6.45, 7) is 0.208. The second-order valence-corrected chi connectivity index (χ2v) is 7.08. The number of rotatable bonds is 4. The Bertz CT molecular complexity index is 679. The highest BCUT2D eigenvalue weighted by Gasteiger charge is 2.59. The zero-order valence-corrected chi connectivity index (χ0v) is 13.4. The smallest absolute Gasteiger partial charge is 0.418 e. The third-order valence-corrected chi connectivity index (χ3v) is 5.05. The van der Waals surface area contributed by atoms with Gasteiger partial charge in [0.2, 0.25) is 15.6 Å². The molecule has 0 aliphatic rings. The van der Waals surface area contributed by atoms with Crippen LogP contribution in [0, 0.1) is 0 Å². The molecule has 5 nitrogen and oxygen atoms in total. The molecule has 0 aliphatic heterocycles. The summed E-state index contributed by atoms with van der Waals surface area (Å²) in [6, 6.07) is 3.35. The molecule has 2 N–H and O–H groups in total. The van der Waals surface area contributed by atoms with Crippen LogP contribution in [0.1, 0.15) is 6.92 Å². The number of carboxylic acids is 1. The SMILES string of the molecule is CC(NS(=O)(=O)c1ccc(Br)cc1Cl)(C(=O)O)C(F)(F)F. The Balaban J connectivity index is 3.35. The van der Waals surface area contributed by atoms with Crippen molar-refractivity contribution in [1.82, 2.24) is 4.72 Å². The van der Waals surface area contributed by atoms with Gasteiger partial charge < -0.3 is 5.11 Å².